The van der Waals surface area contributed by atoms with Crippen molar-refractivity contribution in [1.29, 1.82) is 0 Å². The standard InChI is InChI=1S/C19H38FN5O3/c1-3-5-9-17(26)22-12-13-23-19(28)16(8-6-7-11-21)24-18(27)10-14-25(4-2)15-20/h16H,3-15,21H2,1-2H3,(H,22,26)(H,23,28)(H,24,27). The van der Waals surface area contributed by atoms with Gasteiger partial charge in [-0.1, -0.05) is 20.3 Å². The van der Waals surface area contributed by atoms with Gasteiger partial charge in [0.2, 0.25) is 17.7 Å². The molecule has 0 saturated heterocycles. The molecule has 0 bridgehead atoms. The summed E-state index contributed by atoms with van der Waals surface area (Å²) in [4.78, 5) is 37.6. The molecular weight excluding hydrogens is 365 g/mol. The molecule has 0 radical (unpaired) electrons. The first-order valence-corrected chi connectivity index (χ1v) is 10.3. The normalized spacial score (nSPS) is 11.9. The fraction of sp³-hybridized carbons (Fsp3) is 0.842. The average molecular weight is 404 g/mol. The van der Waals surface area contributed by atoms with Crippen molar-refractivity contribution < 1.29 is 18.8 Å². The number of nitrogens with one attached hydrogen (secondary N) is 3. The predicted octanol–water partition coefficient (Wildman–Crippen LogP) is 0.662. The van der Waals surface area contributed by atoms with Gasteiger partial charge in [-0.25, -0.2) is 4.39 Å². The molecule has 0 fully saturated rings. The third kappa shape index (κ3) is 13.4. The van der Waals surface area contributed by atoms with Crippen LogP contribution in [-0.2, 0) is 14.4 Å². The van der Waals surface area contributed by atoms with Gasteiger partial charge in [0, 0.05) is 32.5 Å². The summed E-state index contributed by atoms with van der Waals surface area (Å²) in [5.74, 6) is -0.601. The summed E-state index contributed by atoms with van der Waals surface area (Å²) in [5.41, 5.74) is 5.50. The Labute approximate surface area is 168 Å². The summed E-state index contributed by atoms with van der Waals surface area (Å²) >= 11 is 0. The fourth-order valence-corrected chi connectivity index (χ4v) is 2.53. The van der Waals surface area contributed by atoms with E-state index in [-0.39, 0.29) is 24.1 Å². The maximum atomic E-state index is 12.7. The molecule has 1 unspecified atom stereocenters. The number of carbonyl (C=O) groups excluding carboxylic acids is 3. The third-order valence-electron chi connectivity index (χ3n) is 4.37. The van der Waals surface area contributed by atoms with E-state index in [1.807, 2.05) is 13.8 Å². The molecule has 0 aliphatic heterocycles. The molecule has 0 aromatic heterocycles. The fourth-order valence-electron chi connectivity index (χ4n) is 2.53. The van der Waals surface area contributed by atoms with Gasteiger partial charge in [0.1, 0.15) is 12.8 Å². The van der Waals surface area contributed by atoms with Crippen LogP contribution in [0.1, 0.15) is 58.8 Å². The van der Waals surface area contributed by atoms with Crippen LogP contribution in [0.15, 0.2) is 0 Å². The third-order valence-corrected chi connectivity index (χ3v) is 4.37. The molecule has 9 heteroatoms. The van der Waals surface area contributed by atoms with Crippen LogP contribution < -0.4 is 21.7 Å². The predicted molar refractivity (Wildman–Crippen MR) is 108 cm³/mol. The molecule has 164 valence electrons. The lowest BCUT2D eigenvalue weighted by Gasteiger charge is -2.20. The number of hydrogen-bond acceptors (Lipinski definition) is 5. The molecule has 8 nitrogen and oxygen atoms in total. The number of nitrogens with zero attached hydrogens (tertiary/aromatic N) is 1. The molecule has 0 aromatic carbocycles. The lowest BCUT2D eigenvalue weighted by atomic mass is 10.1. The first kappa shape index (κ1) is 26.3. The zero-order valence-electron chi connectivity index (χ0n) is 17.4. The number of hydrogen-bond donors (Lipinski definition) is 4. The second-order valence-electron chi connectivity index (χ2n) is 6.73. The Balaban J connectivity index is 4.37. The number of carbonyl (C=O) groups is 3. The molecule has 0 spiro atoms. The van der Waals surface area contributed by atoms with Crippen LogP contribution in [0.5, 0.6) is 0 Å². The second-order valence-corrected chi connectivity index (χ2v) is 6.73. The maximum Gasteiger partial charge on any atom is 0.242 e. The van der Waals surface area contributed by atoms with Gasteiger partial charge in [0.25, 0.3) is 0 Å². The van der Waals surface area contributed by atoms with Gasteiger partial charge in [0.05, 0.1) is 0 Å². The Kier molecular flexibility index (Phi) is 16.3. The van der Waals surface area contributed by atoms with Crippen LogP contribution in [-0.4, -0.2) is 68.2 Å². The van der Waals surface area contributed by atoms with Crippen molar-refractivity contribution in [3.05, 3.63) is 0 Å². The Morgan fingerprint density at radius 1 is 1.00 bits per heavy atom. The minimum absolute atomic E-state index is 0.0303. The quantitative estimate of drug-likeness (QED) is 0.210. The van der Waals surface area contributed by atoms with E-state index in [0.29, 0.717) is 52.0 Å². The van der Waals surface area contributed by atoms with Crippen LogP contribution >= 0.6 is 0 Å². The van der Waals surface area contributed by atoms with Crippen LogP contribution in [0.3, 0.4) is 0 Å². The number of nitrogens with two attached hydrogens (primary N) is 1. The molecule has 3 amide bonds. The number of rotatable bonds is 17. The monoisotopic (exact) mass is 403 g/mol. The Bertz CT molecular complexity index is 447. The minimum atomic E-state index is -0.657. The minimum Gasteiger partial charge on any atom is -0.354 e. The summed E-state index contributed by atoms with van der Waals surface area (Å²) in [7, 11) is 0. The van der Waals surface area contributed by atoms with Crippen molar-refractivity contribution in [1.82, 2.24) is 20.9 Å². The molecule has 28 heavy (non-hydrogen) atoms. The van der Waals surface area contributed by atoms with Crippen molar-refractivity contribution in [2.45, 2.75) is 64.8 Å². The highest BCUT2D eigenvalue weighted by molar-refractivity contribution is 5.87. The van der Waals surface area contributed by atoms with Gasteiger partial charge in [-0.3, -0.25) is 19.3 Å². The van der Waals surface area contributed by atoms with Gasteiger partial charge in [0.15, 0.2) is 0 Å². The summed E-state index contributed by atoms with van der Waals surface area (Å²) in [6.45, 7) is 5.23. The number of alkyl halides is 1. The summed E-state index contributed by atoms with van der Waals surface area (Å²) in [6.07, 6.45) is 4.37. The number of unbranched alkanes of at least 4 members (excludes halogenated alkanes) is 2. The maximum absolute atomic E-state index is 12.7. The van der Waals surface area contributed by atoms with Crippen molar-refractivity contribution in [3.63, 3.8) is 0 Å². The summed E-state index contributed by atoms with van der Waals surface area (Å²) < 4.78 is 12.7. The molecule has 0 aliphatic rings. The molecule has 0 rings (SSSR count). The average Bonchev–Trinajstić information content (AvgIpc) is 2.69. The van der Waals surface area contributed by atoms with Crippen LogP contribution in [0.25, 0.3) is 0 Å². The van der Waals surface area contributed by atoms with E-state index in [9.17, 15) is 18.8 Å². The highest BCUT2D eigenvalue weighted by Crippen LogP contribution is 2.02. The molecule has 0 heterocycles. The van der Waals surface area contributed by atoms with Crippen molar-refractivity contribution in [2.75, 3.05) is 39.5 Å². The van der Waals surface area contributed by atoms with Crippen LogP contribution in [0, 0.1) is 0 Å². The van der Waals surface area contributed by atoms with Gasteiger partial charge in [-0.2, -0.15) is 0 Å². The van der Waals surface area contributed by atoms with Crippen molar-refractivity contribution >= 4 is 17.7 Å². The molecular formula is C19H38FN5O3. The topological polar surface area (TPSA) is 117 Å². The van der Waals surface area contributed by atoms with E-state index in [4.69, 9.17) is 5.73 Å². The summed E-state index contributed by atoms with van der Waals surface area (Å²) in [5, 5.41) is 8.22. The van der Waals surface area contributed by atoms with Gasteiger partial charge >= 0.3 is 0 Å². The first-order chi connectivity index (χ1) is 13.5. The molecule has 0 saturated carbocycles. The zero-order valence-corrected chi connectivity index (χ0v) is 17.4. The van der Waals surface area contributed by atoms with Gasteiger partial charge < -0.3 is 21.7 Å². The zero-order chi connectivity index (χ0) is 21.2. The lowest BCUT2D eigenvalue weighted by Crippen LogP contribution is -2.48. The number of halogens is 1. The SMILES string of the molecule is CCCCC(=O)NCCNC(=O)C(CCCCN)NC(=O)CCN(CC)CF. The van der Waals surface area contributed by atoms with Gasteiger partial charge in [-0.05, 0) is 38.8 Å². The van der Waals surface area contributed by atoms with E-state index in [1.54, 1.807) is 0 Å². The lowest BCUT2D eigenvalue weighted by molar-refractivity contribution is -0.129. The van der Waals surface area contributed by atoms with Crippen molar-refractivity contribution in [3.8, 4) is 0 Å². The second kappa shape index (κ2) is 17.4. The van der Waals surface area contributed by atoms with Crippen molar-refractivity contribution in [2.24, 2.45) is 5.73 Å². The Morgan fingerprint density at radius 2 is 1.71 bits per heavy atom. The summed E-state index contributed by atoms with van der Waals surface area (Å²) in [6, 6.07) is -0.657. The van der Waals surface area contributed by atoms with E-state index in [1.165, 1.54) is 4.90 Å². The van der Waals surface area contributed by atoms with Crippen LogP contribution in [0.4, 0.5) is 4.39 Å². The largest absolute Gasteiger partial charge is 0.354 e. The van der Waals surface area contributed by atoms with Crippen LogP contribution in [0.2, 0.25) is 0 Å². The van der Waals surface area contributed by atoms with E-state index < -0.39 is 12.8 Å². The highest BCUT2D eigenvalue weighted by Gasteiger charge is 2.20. The molecule has 0 aliphatic carbocycles. The van der Waals surface area contributed by atoms with E-state index >= 15 is 0 Å². The molecule has 1 atom stereocenters. The molecule has 0 aromatic rings. The first-order valence-electron chi connectivity index (χ1n) is 10.3. The number of amides is 3. The molecule has 5 N–H and O–H groups in total. The Hall–Kier alpha value is -1.74. The smallest absolute Gasteiger partial charge is 0.242 e. The van der Waals surface area contributed by atoms with Gasteiger partial charge in [-0.15, -0.1) is 0 Å². The van der Waals surface area contributed by atoms with E-state index in [0.717, 1.165) is 19.3 Å². The Morgan fingerprint density at radius 3 is 2.32 bits per heavy atom. The highest BCUT2D eigenvalue weighted by atomic mass is 19.1. The van der Waals surface area contributed by atoms with E-state index in [2.05, 4.69) is 16.0 Å².